The van der Waals surface area contributed by atoms with Gasteiger partial charge in [-0.15, -0.1) is 11.3 Å². The van der Waals surface area contributed by atoms with Crippen LogP contribution in [0.4, 0.5) is 0 Å². The number of hydrogen-bond acceptors (Lipinski definition) is 8. The molecule has 0 radical (unpaired) electrons. The summed E-state index contributed by atoms with van der Waals surface area (Å²) in [7, 11) is 6.28. The van der Waals surface area contributed by atoms with Crippen molar-refractivity contribution in [1.29, 1.82) is 0 Å². The highest BCUT2D eigenvalue weighted by atomic mass is 32.1. The van der Waals surface area contributed by atoms with E-state index in [1.54, 1.807) is 51.3 Å². The van der Waals surface area contributed by atoms with E-state index in [9.17, 15) is 24.3 Å². The van der Waals surface area contributed by atoms with Crippen LogP contribution in [0, 0.1) is 11.8 Å². The number of phenolic OH excluding ortho intramolecular Hbond substituents is 1. The number of carbonyl (C=O) groups excluding carboxylic acids is 4. The summed E-state index contributed by atoms with van der Waals surface area (Å²) in [5.41, 5.74) is 0.735. The maximum atomic E-state index is 14.5. The van der Waals surface area contributed by atoms with E-state index in [0.717, 1.165) is 23.4 Å². The Labute approximate surface area is 289 Å². The van der Waals surface area contributed by atoms with Crippen molar-refractivity contribution in [2.24, 2.45) is 11.8 Å². The van der Waals surface area contributed by atoms with Crippen molar-refractivity contribution in [2.45, 2.75) is 90.9 Å². The van der Waals surface area contributed by atoms with E-state index < -0.39 is 29.9 Å². The van der Waals surface area contributed by atoms with E-state index in [-0.39, 0.29) is 41.9 Å². The fraction of sp³-hybridized carbons (Fsp3) is 0.583. The first-order chi connectivity index (χ1) is 22.7. The van der Waals surface area contributed by atoms with Crippen molar-refractivity contribution in [3.63, 3.8) is 0 Å². The average molecular weight is 684 g/mol. The molecule has 2 aromatic rings. The van der Waals surface area contributed by atoms with Gasteiger partial charge in [0, 0.05) is 51.8 Å². The molecule has 2 heterocycles. The summed E-state index contributed by atoms with van der Waals surface area (Å²) >= 11 is 1.53. The lowest BCUT2D eigenvalue weighted by atomic mass is 9.93. The number of phenols is 1. The molecule has 1 saturated heterocycles. The van der Waals surface area contributed by atoms with Gasteiger partial charge in [-0.3, -0.25) is 19.2 Å². The minimum absolute atomic E-state index is 0.0513. The standard InChI is InChI=1S/C36H53N5O6S/c1-10-24(4)32(36(46)41-18-11-12-28(41)33-37-17-19-48-33)40(8)35(45)29(20-23(2)3)39(7)34(44)30(22-26-13-15-27(42)16-14-26)38(6)31(43)21-25(5)47-9/h13-17,19,21,23-24,28-30,32,42H,10-12,18,20,22H2,1-9H3. The van der Waals surface area contributed by atoms with Crippen LogP contribution in [-0.2, 0) is 30.3 Å². The summed E-state index contributed by atoms with van der Waals surface area (Å²) < 4.78 is 5.17. The van der Waals surface area contributed by atoms with E-state index >= 15 is 0 Å². The molecule has 0 spiro atoms. The van der Waals surface area contributed by atoms with Crippen molar-refractivity contribution < 1.29 is 29.0 Å². The van der Waals surface area contributed by atoms with Gasteiger partial charge in [0.25, 0.3) is 0 Å². The van der Waals surface area contributed by atoms with Gasteiger partial charge in [-0.1, -0.05) is 46.2 Å². The summed E-state index contributed by atoms with van der Waals surface area (Å²) in [5, 5.41) is 12.6. The number of likely N-dealkylation sites (N-methyl/N-ethyl adjacent to an activating group) is 3. The number of allylic oxidation sites excluding steroid dienone is 1. The number of carbonyl (C=O) groups is 4. The molecular formula is C36H53N5O6S. The third kappa shape index (κ3) is 9.36. The summed E-state index contributed by atoms with van der Waals surface area (Å²) in [6.07, 6.45) is 5.97. The van der Waals surface area contributed by atoms with Crippen LogP contribution in [0.1, 0.15) is 76.9 Å². The number of likely N-dealkylation sites (tertiary alicyclic amines) is 1. The molecule has 1 N–H and O–H groups in total. The van der Waals surface area contributed by atoms with Crippen molar-refractivity contribution in [1.82, 2.24) is 24.6 Å². The maximum Gasteiger partial charge on any atom is 0.250 e. The normalized spacial score (nSPS) is 17.4. The highest BCUT2D eigenvalue weighted by Crippen LogP contribution is 2.35. The predicted molar refractivity (Wildman–Crippen MR) is 187 cm³/mol. The molecule has 5 unspecified atom stereocenters. The number of hydrogen-bond donors (Lipinski definition) is 1. The van der Waals surface area contributed by atoms with Crippen molar-refractivity contribution in [2.75, 3.05) is 34.8 Å². The Morgan fingerprint density at radius 2 is 1.69 bits per heavy atom. The van der Waals surface area contributed by atoms with Gasteiger partial charge in [-0.25, -0.2) is 4.98 Å². The zero-order chi connectivity index (χ0) is 35.7. The minimum Gasteiger partial charge on any atom is -0.508 e. The second-order valence-corrected chi connectivity index (χ2v) is 14.2. The first-order valence-corrected chi connectivity index (χ1v) is 17.6. The summed E-state index contributed by atoms with van der Waals surface area (Å²) in [4.78, 5) is 67.2. The monoisotopic (exact) mass is 683 g/mol. The number of benzene rings is 1. The third-order valence-electron chi connectivity index (χ3n) is 9.38. The Bertz CT molecular complexity index is 1410. The molecule has 5 atom stereocenters. The lowest BCUT2D eigenvalue weighted by Crippen LogP contribution is -2.59. The maximum absolute atomic E-state index is 14.5. The largest absolute Gasteiger partial charge is 0.508 e. The molecule has 1 aromatic heterocycles. The van der Waals surface area contributed by atoms with Crippen LogP contribution in [0.3, 0.4) is 0 Å². The van der Waals surface area contributed by atoms with Gasteiger partial charge in [0.15, 0.2) is 0 Å². The van der Waals surface area contributed by atoms with Crippen LogP contribution in [0.25, 0.3) is 0 Å². The van der Waals surface area contributed by atoms with Gasteiger partial charge in [0.05, 0.1) is 18.9 Å². The van der Waals surface area contributed by atoms with Gasteiger partial charge in [-0.2, -0.15) is 0 Å². The molecule has 0 bridgehead atoms. The highest BCUT2D eigenvalue weighted by Gasteiger charge is 2.43. The summed E-state index contributed by atoms with van der Waals surface area (Å²) in [6, 6.07) is 3.79. The number of amides is 4. The lowest BCUT2D eigenvalue weighted by Gasteiger charge is -2.40. The fourth-order valence-electron chi connectivity index (χ4n) is 6.24. The summed E-state index contributed by atoms with van der Waals surface area (Å²) in [5.74, 6) is -0.870. The number of rotatable bonds is 15. The number of aromatic nitrogens is 1. The number of methoxy groups -OCH3 is 1. The Morgan fingerprint density at radius 1 is 1.04 bits per heavy atom. The molecule has 1 fully saturated rings. The van der Waals surface area contributed by atoms with Crippen LogP contribution < -0.4 is 0 Å². The fourth-order valence-corrected chi connectivity index (χ4v) is 7.02. The minimum atomic E-state index is -0.962. The molecule has 4 amide bonds. The zero-order valence-corrected chi connectivity index (χ0v) is 30.7. The Balaban J connectivity index is 1.96. The van der Waals surface area contributed by atoms with Gasteiger partial charge in [0.1, 0.15) is 28.9 Å². The van der Waals surface area contributed by atoms with E-state index in [1.807, 2.05) is 38.0 Å². The molecule has 1 aliphatic rings. The molecule has 1 aromatic carbocycles. The number of thiazole rings is 1. The van der Waals surface area contributed by atoms with Crippen LogP contribution >= 0.6 is 11.3 Å². The third-order valence-corrected chi connectivity index (χ3v) is 10.3. The smallest absolute Gasteiger partial charge is 0.250 e. The van der Waals surface area contributed by atoms with Crippen LogP contribution in [0.5, 0.6) is 5.75 Å². The molecule has 0 aliphatic carbocycles. The Morgan fingerprint density at radius 3 is 2.25 bits per heavy atom. The Hall–Kier alpha value is -3.93. The second kappa shape index (κ2) is 17.5. The van der Waals surface area contributed by atoms with Crippen LogP contribution in [0.2, 0.25) is 0 Å². The highest BCUT2D eigenvalue weighted by molar-refractivity contribution is 7.09. The lowest BCUT2D eigenvalue weighted by molar-refractivity contribution is -0.154. The topological polar surface area (TPSA) is 124 Å². The molecule has 11 nitrogen and oxygen atoms in total. The van der Waals surface area contributed by atoms with Crippen LogP contribution in [-0.4, -0.2) is 106 Å². The number of ether oxygens (including phenoxy) is 1. The second-order valence-electron chi connectivity index (χ2n) is 13.2. The predicted octanol–water partition coefficient (Wildman–Crippen LogP) is 4.88. The SMILES string of the molecule is CCC(C)C(C(=O)N1CCCC1c1nccs1)N(C)C(=O)C(CC(C)C)N(C)C(=O)C(Cc1ccc(O)cc1)N(C)C(=O)C=C(C)OC. The average Bonchev–Trinajstić information content (AvgIpc) is 3.78. The molecule has 12 heteroatoms. The zero-order valence-electron chi connectivity index (χ0n) is 29.9. The molecule has 48 heavy (non-hydrogen) atoms. The Kier molecular flexibility index (Phi) is 14.0. The molecule has 1 aliphatic heterocycles. The van der Waals surface area contributed by atoms with E-state index in [4.69, 9.17) is 4.74 Å². The molecular weight excluding hydrogens is 630 g/mol. The van der Waals surface area contributed by atoms with Crippen molar-refractivity contribution in [3.8, 4) is 5.75 Å². The van der Waals surface area contributed by atoms with Gasteiger partial charge in [-0.05, 0) is 55.7 Å². The molecule has 3 rings (SSSR count). The van der Waals surface area contributed by atoms with Gasteiger partial charge in [0.2, 0.25) is 23.6 Å². The first-order valence-electron chi connectivity index (χ1n) is 16.7. The van der Waals surface area contributed by atoms with Crippen molar-refractivity contribution >= 4 is 35.0 Å². The summed E-state index contributed by atoms with van der Waals surface area (Å²) in [6.45, 7) is 10.2. The quantitative estimate of drug-likeness (QED) is 0.210. The van der Waals surface area contributed by atoms with E-state index in [1.165, 1.54) is 46.5 Å². The first kappa shape index (κ1) is 38.5. The van der Waals surface area contributed by atoms with Crippen LogP contribution in [0.15, 0.2) is 47.7 Å². The number of aromatic hydroxyl groups is 1. The van der Waals surface area contributed by atoms with E-state index in [2.05, 4.69) is 4.98 Å². The number of nitrogens with zero attached hydrogens (tertiary/aromatic N) is 5. The van der Waals surface area contributed by atoms with Gasteiger partial charge >= 0.3 is 0 Å². The molecule has 0 saturated carbocycles. The van der Waals surface area contributed by atoms with Gasteiger partial charge < -0.3 is 29.4 Å². The van der Waals surface area contributed by atoms with Crippen molar-refractivity contribution in [3.05, 3.63) is 58.2 Å². The van der Waals surface area contributed by atoms with E-state index in [0.29, 0.717) is 25.1 Å². The molecule has 264 valence electrons.